The summed E-state index contributed by atoms with van der Waals surface area (Å²) in [4.78, 5) is 42.5. The summed E-state index contributed by atoms with van der Waals surface area (Å²) in [6, 6.07) is 14.6. The van der Waals surface area contributed by atoms with Crippen LogP contribution in [0.5, 0.6) is 0 Å². The van der Waals surface area contributed by atoms with E-state index in [1.165, 1.54) is 11.1 Å². The number of fused-ring (bicyclic) bond motifs is 3. The molecule has 0 saturated heterocycles. The van der Waals surface area contributed by atoms with Crippen molar-refractivity contribution in [1.82, 2.24) is 5.06 Å². The fourth-order valence-corrected chi connectivity index (χ4v) is 4.31. The van der Waals surface area contributed by atoms with Gasteiger partial charge in [-0.1, -0.05) is 41.5 Å². The van der Waals surface area contributed by atoms with Gasteiger partial charge in [-0.3, -0.25) is 9.59 Å². The van der Waals surface area contributed by atoms with Crippen LogP contribution in [-0.2, 0) is 21.5 Å². The first-order chi connectivity index (χ1) is 12.1. The molecule has 2 atom stereocenters. The minimum Gasteiger partial charge on any atom is -0.329 e. The summed E-state index contributed by atoms with van der Waals surface area (Å²) in [5.41, 5.74) is 2.86. The van der Waals surface area contributed by atoms with Gasteiger partial charge in [0.25, 0.3) is 11.8 Å². The molecule has 2 amide bonds. The maximum absolute atomic E-state index is 12.6. The molecule has 0 aromatic heterocycles. The molecular weight excluding hydrogens is 318 g/mol. The lowest BCUT2D eigenvalue weighted by molar-refractivity contribution is -0.170. The third kappa shape index (κ3) is 1.86. The van der Waals surface area contributed by atoms with Crippen molar-refractivity contribution in [2.24, 2.45) is 5.92 Å². The number of hydrogen-bond donors (Lipinski definition) is 0. The largest absolute Gasteiger partial charge is 0.337 e. The van der Waals surface area contributed by atoms with Crippen molar-refractivity contribution >= 4 is 17.8 Å². The number of amides is 2. The van der Waals surface area contributed by atoms with E-state index in [0.29, 0.717) is 11.5 Å². The van der Waals surface area contributed by atoms with Crippen LogP contribution >= 0.6 is 0 Å². The fourth-order valence-electron chi connectivity index (χ4n) is 4.31. The third-order valence-corrected chi connectivity index (χ3v) is 5.69. The van der Waals surface area contributed by atoms with Crippen molar-refractivity contribution < 1.29 is 19.2 Å². The zero-order valence-corrected chi connectivity index (χ0v) is 13.4. The summed E-state index contributed by atoms with van der Waals surface area (Å²) in [5, 5.41) is 0.611. The zero-order chi connectivity index (χ0) is 17.2. The number of carbonyl (C=O) groups excluding carboxylic acids is 3. The predicted molar refractivity (Wildman–Crippen MR) is 87.6 cm³/mol. The smallest absolute Gasteiger partial charge is 0.329 e. The number of benzene rings is 2. The van der Waals surface area contributed by atoms with Gasteiger partial charge in [-0.2, -0.15) is 0 Å². The molecule has 0 bridgehead atoms. The first-order valence-corrected chi connectivity index (χ1v) is 8.40. The topological polar surface area (TPSA) is 63.7 Å². The standard InChI is InChI=1S/C20H15NO4/c22-17-13-6-2-3-7-14(13)18(23)21(17)25-19(24)16-11-20(16)10-9-12-5-1-4-8-15(12)20/h1-8,16H,9-11H2. The quantitative estimate of drug-likeness (QED) is 0.793. The zero-order valence-electron chi connectivity index (χ0n) is 13.4. The summed E-state index contributed by atoms with van der Waals surface area (Å²) in [6.07, 6.45) is 2.58. The second kappa shape index (κ2) is 4.79. The van der Waals surface area contributed by atoms with E-state index >= 15 is 0 Å². The van der Waals surface area contributed by atoms with Gasteiger partial charge in [0.15, 0.2) is 0 Å². The van der Waals surface area contributed by atoms with E-state index in [1.807, 2.05) is 12.1 Å². The molecular formula is C20H15NO4. The second-order valence-corrected chi connectivity index (χ2v) is 6.93. The van der Waals surface area contributed by atoms with Crippen molar-refractivity contribution in [1.29, 1.82) is 0 Å². The first-order valence-electron chi connectivity index (χ1n) is 8.40. The minimum atomic E-state index is -0.574. The van der Waals surface area contributed by atoms with Gasteiger partial charge in [0.05, 0.1) is 17.0 Å². The molecule has 1 aliphatic heterocycles. The molecule has 3 aliphatic rings. The van der Waals surface area contributed by atoms with Crippen molar-refractivity contribution in [2.75, 3.05) is 0 Å². The van der Waals surface area contributed by atoms with Crippen LogP contribution in [0.3, 0.4) is 0 Å². The number of aryl methyl sites for hydroxylation is 1. The minimum absolute atomic E-state index is 0.174. The van der Waals surface area contributed by atoms with Gasteiger partial charge in [0.2, 0.25) is 0 Å². The SMILES string of the molecule is O=C(ON1C(=O)c2ccccc2C1=O)C1CC12CCc1ccccc12. The Hall–Kier alpha value is -2.95. The van der Waals surface area contributed by atoms with Crippen LogP contribution in [0.25, 0.3) is 0 Å². The summed E-state index contributed by atoms with van der Waals surface area (Å²) >= 11 is 0. The number of rotatable bonds is 2. The molecule has 0 radical (unpaired) electrons. The molecule has 1 saturated carbocycles. The van der Waals surface area contributed by atoms with E-state index in [-0.39, 0.29) is 22.5 Å². The molecule has 2 unspecified atom stereocenters. The summed E-state index contributed by atoms with van der Waals surface area (Å²) in [7, 11) is 0. The molecule has 0 N–H and O–H groups in total. The number of hydroxylamine groups is 2. The molecule has 1 heterocycles. The number of carbonyl (C=O) groups is 3. The van der Waals surface area contributed by atoms with Crippen LogP contribution in [0.4, 0.5) is 0 Å². The van der Waals surface area contributed by atoms with Gasteiger partial charge in [-0.05, 0) is 42.5 Å². The van der Waals surface area contributed by atoms with E-state index in [0.717, 1.165) is 12.8 Å². The van der Waals surface area contributed by atoms with Crippen molar-refractivity contribution in [3.8, 4) is 0 Å². The van der Waals surface area contributed by atoms with Crippen molar-refractivity contribution in [2.45, 2.75) is 24.7 Å². The van der Waals surface area contributed by atoms with Crippen LogP contribution in [0, 0.1) is 5.92 Å². The van der Waals surface area contributed by atoms with Gasteiger partial charge in [-0.15, -0.1) is 0 Å². The highest BCUT2D eigenvalue weighted by Gasteiger charge is 2.63. The Morgan fingerprint density at radius 3 is 2.36 bits per heavy atom. The lowest BCUT2D eigenvalue weighted by atomic mass is 9.95. The molecule has 1 spiro atoms. The average molecular weight is 333 g/mol. The van der Waals surface area contributed by atoms with E-state index in [1.54, 1.807) is 24.3 Å². The molecule has 25 heavy (non-hydrogen) atoms. The molecule has 1 fully saturated rings. The summed E-state index contributed by atoms with van der Waals surface area (Å²) in [6.45, 7) is 0. The Labute approximate surface area is 144 Å². The number of nitrogens with zero attached hydrogens (tertiary/aromatic N) is 1. The molecule has 124 valence electrons. The highest BCUT2D eigenvalue weighted by molar-refractivity contribution is 6.20. The second-order valence-electron chi connectivity index (χ2n) is 6.93. The van der Waals surface area contributed by atoms with Gasteiger partial charge in [-0.25, -0.2) is 4.79 Å². The normalized spacial score (nSPS) is 25.9. The Bertz CT molecular complexity index is 915. The van der Waals surface area contributed by atoms with E-state index in [2.05, 4.69) is 12.1 Å². The monoisotopic (exact) mass is 333 g/mol. The Morgan fingerprint density at radius 1 is 1.00 bits per heavy atom. The molecule has 2 aromatic carbocycles. The van der Waals surface area contributed by atoms with Crippen LogP contribution in [0.1, 0.15) is 44.7 Å². The molecule has 2 aromatic rings. The maximum Gasteiger partial charge on any atom is 0.337 e. The summed E-state index contributed by atoms with van der Waals surface area (Å²) in [5.74, 6) is -1.93. The molecule has 5 rings (SSSR count). The highest BCUT2D eigenvalue weighted by atomic mass is 16.7. The Balaban J connectivity index is 1.37. The van der Waals surface area contributed by atoms with E-state index in [9.17, 15) is 14.4 Å². The maximum atomic E-state index is 12.6. The first kappa shape index (κ1) is 14.4. The highest BCUT2D eigenvalue weighted by Crippen LogP contribution is 2.61. The lowest BCUT2D eigenvalue weighted by Gasteiger charge is -2.15. The van der Waals surface area contributed by atoms with Gasteiger partial charge >= 0.3 is 5.97 Å². The molecule has 5 nitrogen and oxygen atoms in total. The van der Waals surface area contributed by atoms with E-state index in [4.69, 9.17) is 4.84 Å². The van der Waals surface area contributed by atoms with Gasteiger partial charge in [0, 0.05) is 5.41 Å². The fraction of sp³-hybridized carbons (Fsp3) is 0.250. The Morgan fingerprint density at radius 2 is 1.64 bits per heavy atom. The average Bonchev–Trinajstić information content (AvgIpc) is 3.20. The van der Waals surface area contributed by atoms with Crippen LogP contribution in [-0.4, -0.2) is 22.8 Å². The number of hydrogen-bond acceptors (Lipinski definition) is 4. The van der Waals surface area contributed by atoms with Crippen LogP contribution in [0.15, 0.2) is 48.5 Å². The Kier molecular flexibility index (Phi) is 2.76. The van der Waals surface area contributed by atoms with Crippen LogP contribution in [0.2, 0.25) is 0 Å². The van der Waals surface area contributed by atoms with Crippen molar-refractivity contribution in [3.63, 3.8) is 0 Å². The van der Waals surface area contributed by atoms with Gasteiger partial charge in [0.1, 0.15) is 0 Å². The predicted octanol–water partition coefficient (Wildman–Crippen LogP) is 2.64. The molecule has 5 heteroatoms. The third-order valence-electron chi connectivity index (χ3n) is 5.69. The van der Waals surface area contributed by atoms with Crippen LogP contribution < -0.4 is 0 Å². The summed E-state index contributed by atoms with van der Waals surface area (Å²) < 4.78 is 0. The lowest BCUT2D eigenvalue weighted by Crippen LogP contribution is -2.34. The number of imide groups is 1. The van der Waals surface area contributed by atoms with Gasteiger partial charge < -0.3 is 4.84 Å². The van der Waals surface area contributed by atoms with E-state index < -0.39 is 17.8 Å². The van der Waals surface area contributed by atoms with Crippen molar-refractivity contribution in [3.05, 3.63) is 70.8 Å². The molecule has 2 aliphatic carbocycles.